The molecule has 0 spiro atoms. The molecule has 0 aliphatic heterocycles. The molecule has 0 aliphatic carbocycles. The first kappa shape index (κ1) is 11.7. The van der Waals surface area contributed by atoms with Crippen LogP contribution in [0.25, 0.3) is 0 Å². The highest BCUT2D eigenvalue weighted by Crippen LogP contribution is 2.22. The van der Waals surface area contributed by atoms with Gasteiger partial charge in [-0.15, -0.1) is 0 Å². The number of allylic oxidation sites excluding steroid dienone is 2. The lowest BCUT2D eigenvalue weighted by molar-refractivity contribution is 0.834. The third-order valence-corrected chi connectivity index (χ3v) is 2.95. The molecule has 0 bridgehead atoms. The lowest BCUT2D eigenvalue weighted by atomic mass is 9.92. The molecule has 0 fully saturated rings. The van der Waals surface area contributed by atoms with Crippen LogP contribution < -0.4 is 0 Å². The van der Waals surface area contributed by atoms with E-state index in [2.05, 4.69) is 79.7 Å². The predicted molar refractivity (Wildman–Crippen MR) is 74.1 cm³/mol. The first-order valence-electron chi connectivity index (χ1n) is 6.12. The van der Waals surface area contributed by atoms with Gasteiger partial charge in [0.05, 0.1) is 0 Å². The predicted octanol–water partition coefficient (Wildman–Crippen LogP) is 4.59. The molecule has 2 rings (SSSR count). The Hall–Kier alpha value is -1.82. The van der Waals surface area contributed by atoms with Crippen LogP contribution in [0, 0.1) is 0 Å². The summed E-state index contributed by atoms with van der Waals surface area (Å²) in [5.74, 6) is 0.476. The van der Waals surface area contributed by atoms with E-state index in [1.807, 2.05) is 0 Å². The zero-order valence-corrected chi connectivity index (χ0v) is 10.2. The smallest absolute Gasteiger partial charge is 0.00582 e. The van der Waals surface area contributed by atoms with Gasteiger partial charge in [-0.2, -0.15) is 0 Å². The van der Waals surface area contributed by atoms with Crippen LogP contribution in [0.1, 0.15) is 24.0 Å². The van der Waals surface area contributed by atoms with Crippen LogP contribution in [0.5, 0.6) is 0 Å². The fraction of sp³-hybridized carbons (Fsp3) is 0.176. The Kier molecular flexibility index (Phi) is 4.15. The molecule has 86 valence electrons. The Bertz CT molecular complexity index is 454. The molecule has 0 saturated carbocycles. The van der Waals surface area contributed by atoms with Gasteiger partial charge in [0.15, 0.2) is 0 Å². The molecular formula is C17H18. The highest BCUT2D eigenvalue weighted by atomic mass is 14.1. The van der Waals surface area contributed by atoms with Crippen molar-refractivity contribution in [1.29, 1.82) is 0 Å². The Labute approximate surface area is 104 Å². The van der Waals surface area contributed by atoms with Crippen LogP contribution >= 0.6 is 0 Å². The molecule has 1 unspecified atom stereocenters. The standard InChI is InChI=1S/C17H18/c1-2-9-17(16-12-7-4-8-13-16)14-15-10-5-3-6-11-15/h2-13,17H,14H2,1H3. The van der Waals surface area contributed by atoms with Gasteiger partial charge in [0.1, 0.15) is 0 Å². The van der Waals surface area contributed by atoms with Crippen molar-refractivity contribution in [3.05, 3.63) is 83.9 Å². The lowest BCUT2D eigenvalue weighted by Crippen LogP contribution is -1.99. The maximum Gasteiger partial charge on any atom is 0.00582 e. The summed E-state index contributed by atoms with van der Waals surface area (Å²) < 4.78 is 0. The Morgan fingerprint density at radius 1 is 0.882 bits per heavy atom. The van der Waals surface area contributed by atoms with Gasteiger partial charge < -0.3 is 0 Å². The Morgan fingerprint density at radius 3 is 2.06 bits per heavy atom. The van der Waals surface area contributed by atoms with Crippen molar-refractivity contribution in [3.63, 3.8) is 0 Å². The SMILES string of the molecule is CC=CC(Cc1ccccc1)c1ccccc1. The van der Waals surface area contributed by atoms with E-state index in [0.717, 1.165) is 6.42 Å². The van der Waals surface area contributed by atoms with Crippen molar-refractivity contribution in [2.75, 3.05) is 0 Å². The number of benzene rings is 2. The molecule has 2 aromatic rings. The minimum Gasteiger partial charge on any atom is -0.0910 e. The second kappa shape index (κ2) is 6.05. The summed E-state index contributed by atoms with van der Waals surface area (Å²) in [6, 6.07) is 21.4. The van der Waals surface area contributed by atoms with E-state index in [9.17, 15) is 0 Å². The minimum atomic E-state index is 0.476. The van der Waals surface area contributed by atoms with E-state index in [0.29, 0.717) is 5.92 Å². The van der Waals surface area contributed by atoms with E-state index >= 15 is 0 Å². The summed E-state index contributed by atoms with van der Waals surface area (Å²) in [5, 5.41) is 0. The topological polar surface area (TPSA) is 0 Å². The summed E-state index contributed by atoms with van der Waals surface area (Å²) in [5.41, 5.74) is 2.77. The molecule has 0 aromatic heterocycles. The first-order chi connectivity index (χ1) is 8.40. The monoisotopic (exact) mass is 222 g/mol. The maximum atomic E-state index is 2.28. The molecule has 0 amide bonds. The maximum absolute atomic E-state index is 2.28. The van der Waals surface area contributed by atoms with Crippen molar-refractivity contribution < 1.29 is 0 Å². The first-order valence-corrected chi connectivity index (χ1v) is 6.12. The van der Waals surface area contributed by atoms with Gasteiger partial charge in [-0.25, -0.2) is 0 Å². The van der Waals surface area contributed by atoms with E-state index in [1.54, 1.807) is 0 Å². The largest absolute Gasteiger partial charge is 0.0910 e. The summed E-state index contributed by atoms with van der Waals surface area (Å²) in [4.78, 5) is 0. The van der Waals surface area contributed by atoms with Gasteiger partial charge in [-0.3, -0.25) is 0 Å². The van der Waals surface area contributed by atoms with E-state index < -0.39 is 0 Å². The zero-order valence-electron chi connectivity index (χ0n) is 10.2. The van der Waals surface area contributed by atoms with Crippen LogP contribution in [0.4, 0.5) is 0 Å². The van der Waals surface area contributed by atoms with Crippen LogP contribution in [0.2, 0.25) is 0 Å². The van der Waals surface area contributed by atoms with Gasteiger partial charge in [0, 0.05) is 5.92 Å². The zero-order chi connectivity index (χ0) is 11.9. The fourth-order valence-corrected chi connectivity index (χ4v) is 2.10. The average molecular weight is 222 g/mol. The molecule has 0 N–H and O–H groups in total. The third kappa shape index (κ3) is 3.32. The number of hydrogen-bond acceptors (Lipinski definition) is 0. The quantitative estimate of drug-likeness (QED) is 0.664. The highest BCUT2D eigenvalue weighted by molar-refractivity contribution is 5.27. The van der Waals surface area contributed by atoms with Crippen molar-refractivity contribution >= 4 is 0 Å². The molecule has 0 aliphatic rings. The van der Waals surface area contributed by atoms with Gasteiger partial charge in [-0.1, -0.05) is 72.8 Å². The molecular weight excluding hydrogens is 204 g/mol. The van der Waals surface area contributed by atoms with E-state index in [-0.39, 0.29) is 0 Å². The van der Waals surface area contributed by atoms with E-state index in [4.69, 9.17) is 0 Å². The second-order valence-corrected chi connectivity index (χ2v) is 4.23. The molecule has 0 saturated heterocycles. The second-order valence-electron chi connectivity index (χ2n) is 4.23. The molecule has 2 aromatic carbocycles. The molecule has 0 radical (unpaired) electrons. The molecule has 17 heavy (non-hydrogen) atoms. The van der Waals surface area contributed by atoms with E-state index in [1.165, 1.54) is 11.1 Å². The van der Waals surface area contributed by atoms with Crippen LogP contribution in [0.15, 0.2) is 72.8 Å². The van der Waals surface area contributed by atoms with Crippen LogP contribution in [-0.2, 0) is 6.42 Å². The summed E-state index contributed by atoms with van der Waals surface area (Å²) in [6.07, 6.45) is 5.48. The third-order valence-electron chi connectivity index (χ3n) is 2.95. The van der Waals surface area contributed by atoms with Crippen molar-refractivity contribution in [1.82, 2.24) is 0 Å². The van der Waals surface area contributed by atoms with Gasteiger partial charge >= 0.3 is 0 Å². The molecule has 0 nitrogen and oxygen atoms in total. The summed E-state index contributed by atoms with van der Waals surface area (Å²) >= 11 is 0. The van der Waals surface area contributed by atoms with Crippen molar-refractivity contribution in [2.24, 2.45) is 0 Å². The number of rotatable bonds is 4. The minimum absolute atomic E-state index is 0.476. The summed E-state index contributed by atoms with van der Waals surface area (Å²) in [6.45, 7) is 2.08. The Morgan fingerprint density at radius 2 is 1.47 bits per heavy atom. The highest BCUT2D eigenvalue weighted by Gasteiger charge is 2.07. The van der Waals surface area contributed by atoms with Gasteiger partial charge in [0.2, 0.25) is 0 Å². The average Bonchev–Trinajstić information content (AvgIpc) is 2.40. The van der Waals surface area contributed by atoms with Gasteiger partial charge in [-0.05, 0) is 24.5 Å². The molecule has 1 atom stereocenters. The van der Waals surface area contributed by atoms with Crippen LogP contribution in [0.3, 0.4) is 0 Å². The number of hydrogen-bond donors (Lipinski definition) is 0. The lowest BCUT2D eigenvalue weighted by Gasteiger charge is -2.13. The molecule has 0 heteroatoms. The Balaban J connectivity index is 2.19. The summed E-state index contributed by atoms with van der Waals surface area (Å²) in [7, 11) is 0. The molecule has 0 heterocycles. The van der Waals surface area contributed by atoms with Crippen molar-refractivity contribution in [3.8, 4) is 0 Å². The normalized spacial score (nSPS) is 12.8. The van der Waals surface area contributed by atoms with Gasteiger partial charge in [0.25, 0.3) is 0 Å². The van der Waals surface area contributed by atoms with Crippen LogP contribution in [-0.4, -0.2) is 0 Å². The fourth-order valence-electron chi connectivity index (χ4n) is 2.10. The van der Waals surface area contributed by atoms with Crippen molar-refractivity contribution in [2.45, 2.75) is 19.3 Å².